The number of nitrogens with one attached hydrogen (secondary N) is 1. The van der Waals surface area contributed by atoms with Crippen molar-refractivity contribution in [3.8, 4) is 0 Å². The van der Waals surface area contributed by atoms with Crippen LogP contribution in [0.1, 0.15) is 20.9 Å². The van der Waals surface area contributed by atoms with Crippen molar-refractivity contribution >= 4 is 34.0 Å². The van der Waals surface area contributed by atoms with Crippen molar-refractivity contribution in [2.75, 3.05) is 5.32 Å². The molecule has 3 rings (SSSR count). The summed E-state index contributed by atoms with van der Waals surface area (Å²) in [5.74, 6) is -1.32. The number of aromatic nitrogens is 2. The van der Waals surface area contributed by atoms with E-state index in [0.29, 0.717) is 11.6 Å². The van der Waals surface area contributed by atoms with Gasteiger partial charge in [0, 0.05) is 6.42 Å². The summed E-state index contributed by atoms with van der Waals surface area (Å²) in [5, 5.41) is 11.6. The van der Waals surface area contributed by atoms with Gasteiger partial charge in [-0.05, 0) is 17.7 Å². The number of nitrogens with zero attached hydrogens (tertiary/aromatic N) is 2. The van der Waals surface area contributed by atoms with E-state index in [-0.39, 0.29) is 10.6 Å². The molecule has 1 N–H and O–H groups in total. The lowest BCUT2D eigenvalue weighted by atomic mass is 10.2. The van der Waals surface area contributed by atoms with Crippen molar-refractivity contribution in [3.05, 3.63) is 75.5 Å². The zero-order chi connectivity index (χ0) is 16.2. The molecule has 0 aliphatic heterocycles. The molecule has 1 amide bonds. The molecule has 0 atom stereocenters. The van der Waals surface area contributed by atoms with E-state index < -0.39 is 11.7 Å². The lowest BCUT2D eigenvalue weighted by Crippen LogP contribution is -2.14. The molecule has 0 aliphatic rings. The van der Waals surface area contributed by atoms with Gasteiger partial charge in [-0.1, -0.05) is 59.3 Å². The highest BCUT2D eigenvalue weighted by molar-refractivity contribution is 7.15. The van der Waals surface area contributed by atoms with Gasteiger partial charge in [-0.2, -0.15) is 0 Å². The number of benzene rings is 2. The Labute approximate surface area is 141 Å². The number of hydrogen-bond donors (Lipinski definition) is 1. The minimum atomic E-state index is -0.677. The molecule has 0 aliphatic carbocycles. The number of carbonyl (C=O) groups is 1. The molecule has 0 unspecified atom stereocenters. The van der Waals surface area contributed by atoms with E-state index in [9.17, 15) is 9.18 Å². The third kappa shape index (κ3) is 3.72. The van der Waals surface area contributed by atoms with Crippen LogP contribution in [0.5, 0.6) is 0 Å². The number of carbonyl (C=O) groups excluding carboxylic acids is 1. The van der Waals surface area contributed by atoms with E-state index in [2.05, 4.69) is 15.5 Å². The fourth-order valence-electron chi connectivity index (χ4n) is 2.02. The van der Waals surface area contributed by atoms with E-state index in [1.807, 2.05) is 30.3 Å². The lowest BCUT2D eigenvalue weighted by Gasteiger charge is -2.04. The molecule has 0 saturated heterocycles. The van der Waals surface area contributed by atoms with Crippen LogP contribution >= 0.6 is 22.9 Å². The Morgan fingerprint density at radius 3 is 2.65 bits per heavy atom. The summed E-state index contributed by atoms with van der Waals surface area (Å²) < 4.78 is 13.7. The Morgan fingerprint density at radius 2 is 1.91 bits per heavy atom. The zero-order valence-corrected chi connectivity index (χ0v) is 13.4. The Morgan fingerprint density at radius 1 is 1.13 bits per heavy atom. The Hall–Kier alpha value is -2.31. The van der Waals surface area contributed by atoms with Crippen molar-refractivity contribution in [2.45, 2.75) is 6.42 Å². The normalized spacial score (nSPS) is 10.5. The van der Waals surface area contributed by atoms with Gasteiger partial charge in [0.05, 0.1) is 10.6 Å². The SMILES string of the molecule is O=C(Nc1nnc(Cc2ccccc2)s1)c1c(F)cccc1Cl. The van der Waals surface area contributed by atoms with Crippen LogP contribution in [-0.2, 0) is 6.42 Å². The fraction of sp³-hybridized carbons (Fsp3) is 0.0625. The van der Waals surface area contributed by atoms with Gasteiger partial charge in [0.15, 0.2) is 0 Å². The first kappa shape index (κ1) is 15.6. The van der Waals surface area contributed by atoms with Gasteiger partial charge in [0.2, 0.25) is 5.13 Å². The van der Waals surface area contributed by atoms with Crippen molar-refractivity contribution in [3.63, 3.8) is 0 Å². The van der Waals surface area contributed by atoms with E-state index >= 15 is 0 Å². The molecule has 0 saturated carbocycles. The quantitative estimate of drug-likeness (QED) is 0.770. The van der Waals surface area contributed by atoms with Crippen LogP contribution < -0.4 is 5.32 Å². The Balaban J connectivity index is 1.73. The number of rotatable bonds is 4. The highest BCUT2D eigenvalue weighted by atomic mass is 35.5. The monoisotopic (exact) mass is 347 g/mol. The van der Waals surface area contributed by atoms with Gasteiger partial charge in [-0.3, -0.25) is 10.1 Å². The molecule has 1 aromatic heterocycles. The fourth-order valence-corrected chi connectivity index (χ4v) is 3.04. The van der Waals surface area contributed by atoms with Crippen LogP contribution in [0.3, 0.4) is 0 Å². The zero-order valence-electron chi connectivity index (χ0n) is 11.8. The molecule has 7 heteroatoms. The van der Waals surface area contributed by atoms with Gasteiger partial charge in [0.1, 0.15) is 10.8 Å². The maximum absolute atomic E-state index is 13.7. The second-order valence-electron chi connectivity index (χ2n) is 4.71. The van der Waals surface area contributed by atoms with Crippen molar-refractivity contribution in [1.29, 1.82) is 0 Å². The van der Waals surface area contributed by atoms with E-state index in [1.54, 1.807) is 0 Å². The van der Waals surface area contributed by atoms with Crippen molar-refractivity contribution in [1.82, 2.24) is 10.2 Å². The topological polar surface area (TPSA) is 54.9 Å². The molecule has 0 bridgehead atoms. The van der Waals surface area contributed by atoms with Crippen molar-refractivity contribution < 1.29 is 9.18 Å². The van der Waals surface area contributed by atoms with Crippen LogP contribution in [0.25, 0.3) is 0 Å². The maximum Gasteiger partial charge on any atom is 0.261 e. The van der Waals surface area contributed by atoms with Crippen LogP contribution in [0.15, 0.2) is 48.5 Å². The van der Waals surface area contributed by atoms with E-state index in [0.717, 1.165) is 10.6 Å². The average Bonchev–Trinajstić information content (AvgIpc) is 2.95. The number of amides is 1. The summed E-state index contributed by atoms with van der Waals surface area (Å²) in [5.41, 5.74) is 0.896. The number of halogens is 2. The molecule has 0 spiro atoms. The van der Waals surface area contributed by atoms with Crippen LogP contribution in [0, 0.1) is 5.82 Å². The standard InChI is InChI=1S/C16H11ClFN3OS/c17-11-7-4-8-12(18)14(11)15(22)19-16-21-20-13(23-16)9-10-5-2-1-3-6-10/h1-8H,9H2,(H,19,21,22). The summed E-state index contributed by atoms with van der Waals surface area (Å²) >= 11 is 7.11. The lowest BCUT2D eigenvalue weighted by molar-refractivity contribution is 0.102. The first-order valence-corrected chi connectivity index (χ1v) is 7.94. The Kier molecular flexibility index (Phi) is 4.64. The second-order valence-corrected chi connectivity index (χ2v) is 6.18. The molecule has 2 aromatic carbocycles. The first-order chi connectivity index (χ1) is 11.1. The maximum atomic E-state index is 13.7. The number of hydrogen-bond acceptors (Lipinski definition) is 4. The smallest absolute Gasteiger partial charge is 0.261 e. The molecule has 0 radical (unpaired) electrons. The van der Waals surface area contributed by atoms with Gasteiger partial charge < -0.3 is 0 Å². The van der Waals surface area contributed by atoms with Gasteiger partial charge in [0.25, 0.3) is 5.91 Å². The molecule has 116 valence electrons. The molecule has 3 aromatic rings. The molecule has 4 nitrogen and oxygen atoms in total. The molecular formula is C16H11ClFN3OS. The van der Waals surface area contributed by atoms with Crippen LogP contribution in [0.2, 0.25) is 5.02 Å². The number of anilines is 1. The van der Waals surface area contributed by atoms with E-state index in [1.165, 1.54) is 29.5 Å². The summed E-state index contributed by atoms with van der Waals surface area (Å²) in [6.45, 7) is 0. The average molecular weight is 348 g/mol. The Bertz CT molecular complexity index is 818. The van der Waals surface area contributed by atoms with Crippen LogP contribution in [0.4, 0.5) is 9.52 Å². The van der Waals surface area contributed by atoms with Gasteiger partial charge >= 0.3 is 0 Å². The largest absolute Gasteiger partial charge is 0.296 e. The molecule has 1 heterocycles. The molecule has 23 heavy (non-hydrogen) atoms. The van der Waals surface area contributed by atoms with E-state index in [4.69, 9.17) is 11.6 Å². The third-order valence-electron chi connectivity index (χ3n) is 3.08. The first-order valence-electron chi connectivity index (χ1n) is 6.75. The van der Waals surface area contributed by atoms with Crippen molar-refractivity contribution in [2.24, 2.45) is 0 Å². The summed E-state index contributed by atoms with van der Waals surface area (Å²) in [6, 6.07) is 13.9. The predicted octanol–water partition coefficient (Wildman–Crippen LogP) is 4.17. The third-order valence-corrected chi connectivity index (χ3v) is 4.23. The van der Waals surface area contributed by atoms with Crippen LogP contribution in [-0.4, -0.2) is 16.1 Å². The molecule has 0 fully saturated rings. The summed E-state index contributed by atoms with van der Waals surface area (Å²) in [7, 11) is 0. The second kappa shape index (κ2) is 6.85. The van der Waals surface area contributed by atoms with Gasteiger partial charge in [-0.25, -0.2) is 4.39 Å². The summed E-state index contributed by atoms with van der Waals surface area (Å²) in [6.07, 6.45) is 0.620. The predicted molar refractivity (Wildman–Crippen MR) is 88.5 cm³/mol. The highest BCUT2D eigenvalue weighted by Crippen LogP contribution is 2.23. The summed E-state index contributed by atoms with van der Waals surface area (Å²) in [4.78, 5) is 12.1. The molecular weight excluding hydrogens is 337 g/mol. The van der Waals surface area contributed by atoms with Gasteiger partial charge in [-0.15, -0.1) is 10.2 Å². The minimum absolute atomic E-state index is 0.0523. The highest BCUT2D eigenvalue weighted by Gasteiger charge is 2.17. The minimum Gasteiger partial charge on any atom is -0.296 e.